The molecule has 1 aromatic heterocycles. The molecular weight excluding hydrogens is 360 g/mol. The van der Waals surface area contributed by atoms with E-state index in [0.29, 0.717) is 18.0 Å². The number of carboxylic acid groups (broad SMARTS) is 1. The number of hydrogen-bond acceptors (Lipinski definition) is 4. The lowest BCUT2D eigenvalue weighted by Gasteiger charge is -2.23. The van der Waals surface area contributed by atoms with Gasteiger partial charge in [0.05, 0.1) is 17.5 Å². The Morgan fingerprint density at radius 2 is 1.89 bits per heavy atom. The van der Waals surface area contributed by atoms with Crippen LogP contribution in [0.5, 0.6) is 0 Å². The highest BCUT2D eigenvalue weighted by Gasteiger charge is 2.34. The first-order valence-electron chi connectivity index (χ1n) is 9.32. The van der Waals surface area contributed by atoms with Gasteiger partial charge < -0.3 is 10.4 Å². The van der Waals surface area contributed by atoms with E-state index >= 15 is 0 Å². The van der Waals surface area contributed by atoms with E-state index in [9.17, 15) is 14.7 Å². The molecule has 1 heterocycles. The lowest BCUT2D eigenvalue weighted by Crippen LogP contribution is -2.34. The molecule has 2 aromatic rings. The number of aromatic nitrogens is 1. The van der Waals surface area contributed by atoms with Gasteiger partial charge in [-0.2, -0.15) is 0 Å². The van der Waals surface area contributed by atoms with Crippen LogP contribution in [0, 0.1) is 11.8 Å². The summed E-state index contributed by atoms with van der Waals surface area (Å²) in [6.45, 7) is 2.18. The first-order chi connectivity index (χ1) is 13.1. The van der Waals surface area contributed by atoms with Crippen LogP contribution in [0.4, 0.5) is 5.13 Å². The molecule has 0 saturated carbocycles. The highest BCUT2D eigenvalue weighted by molar-refractivity contribution is 7.14. The van der Waals surface area contributed by atoms with Gasteiger partial charge in [0, 0.05) is 10.9 Å². The third-order valence-corrected chi connectivity index (χ3v) is 5.65. The minimum atomic E-state index is -0.928. The lowest BCUT2D eigenvalue weighted by molar-refractivity contribution is -0.146. The summed E-state index contributed by atoms with van der Waals surface area (Å²) in [5.74, 6) is -2.44. The Kier molecular flexibility index (Phi) is 6.40. The van der Waals surface area contributed by atoms with Gasteiger partial charge in [-0.15, -0.1) is 11.3 Å². The fourth-order valence-electron chi connectivity index (χ4n) is 3.26. The standard InChI is InChI=1S/C21H24N2O3S/c1-2-3-6-14-9-11-15(12-10-14)18-13-27-21(22-18)23-19(24)16-7-4-5-8-17(16)20(25)26/h4-5,9-13,16-17H,2-3,6-8H2,1H3,(H,25,26)(H,22,23,24)/t16-,17-/m0/s1. The molecule has 1 amide bonds. The van der Waals surface area contributed by atoms with Gasteiger partial charge in [0.25, 0.3) is 0 Å². The van der Waals surface area contributed by atoms with Gasteiger partial charge in [-0.25, -0.2) is 4.98 Å². The third-order valence-electron chi connectivity index (χ3n) is 4.89. The number of aryl methyl sites for hydroxylation is 1. The molecule has 2 atom stereocenters. The Morgan fingerprint density at radius 1 is 1.19 bits per heavy atom. The molecule has 0 saturated heterocycles. The van der Waals surface area contributed by atoms with Crippen molar-refractivity contribution in [3.8, 4) is 11.3 Å². The van der Waals surface area contributed by atoms with E-state index in [0.717, 1.165) is 17.7 Å². The number of rotatable bonds is 7. The molecular formula is C21H24N2O3S. The van der Waals surface area contributed by atoms with Crippen LogP contribution >= 0.6 is 11.3 Å². The van der Waals surface area contributed by atoms with Crippen LogP contribution in [-0.4, -0.2) is 22.0 Å². The van der Waals surface area contributed by atoms with E-state index in [1.807, 2.05) is 17.5 Å². The second-order valence-corrected chi connectivity index (χ2v) is 7.68. The quantitative estimate of drug-likeness (QED) is 0.675. The highest BCUT2D eigenvalue weighted by atomic mass is 32.1. The number of nitrogens with one attached hydrogen (secondary N) is 1. The fourth-order valence-corrected chi connectivity index (χ4v) is 3.98. The first kappa shape index (κ1) is 19.3. The van der Waals surface area contributed by atoms with Gasteiger partial charge in [-0.1, -0.05) is 49.8 Å². The maximum atomic E-state index is 12.5. The molecule has 1 aromatic carbocycles. The molecule has 0 radical (unpaired) electrons. The second-order valence-electron chi connectivity index (χ2n) is 6.82. The van der Waals surface area contributed by atoms with Crippen molar-refractivity contribution in [2.24, 2.45) is 11.8 Å². The molecule has 0 aliphatic heterocycles. The van der Waals surface area contributed by atoms with Crippen molar-refractivity contribution in [1.29, 1.82) is 0 Å². The minimum Gasteiger partial charge on any atom is -0.481 e. The van der Waals surface area contributed by atoms with Crippen molar-refractivity contribution < 1.29 is 14.7 Å². The van der Waals surface area contributed by atoms with Crippen LogP contribution in [0.2, 0.25) is 0 Å². The number of thiazole rings is 1. The maximum Gasteiger partial charge on any atom is 0.307 e. The highest BCUT2D eigenvalue weighted by Crippen LogP contribution is 2.29. The van der Waals surface area contributed by atoms with E-state index in [1.165, 1.54) is 29.7 Å². The molecule has 5 nitrogen and oxygen atoms in total. The van der Waals surface area contributed by atoms with E-state index in [1.54, 1.807) is 0 Å². The average molecular weight is 385 g/mol. The van der Waals surface area contributed by atoms with Crippen molar-refractivity contribution in [1.82, 2.24) is 4.98 Å². The normalized spacial score (nSPS) is 19.0. The Bertz CT molecular complexity index is 826. The third kappa shape index (κ3) is 4.83. The number of amides is 1. The van der Waals surface area contributed by atoms with Gasteiger partial charge in [0.1, 0.15) is 0 Å². The number of nitrogens with zero attached hydrogens (tertiary/aromatic N) is 1. The molecule has 1 aliphatic rings. The summed E-state index contributed by atoms with van der Waals surface area (Å²) in [7, 11) is 0. The summed E-state index contributed by atoms with van der Waals surface area (Å²) in [6.07, 6.45) is 7.97. The Labute approximate surface area is 163 Å². The van der Waals surface area contributed by atoms with Crippen molar-refractivity contribution in [3.63, 3.8) is 0 Å². The monoisotopic (exact) mass is 384 g/mol. The topological polar surface area (TPSA) is 79.3 Å². The fraction of sp³-hybridized carbons (Fsp3) is 0.381. The number of allylic oxidation sites excluding steroid dienone is 2. The number of unbranched alkanes of at least 4 members (excludes halogenated alkanes) is 1. The van der Waals surface area contributed by atoms with Crippen molar-refractivity contribution >= 4 is 28.3 Å². The van der Waals surface area contributed by atoms with Crippen molar-refractivity contribution in [2.45, 2.75) is 39.0 Å². The van der Waals surface area contributed by atoms with Gasteiger partial charge in [-0.05, 0) is 31.2 Å². The number of anilines is 1. The number of carboxylic acids is 1. The average Bonchev–Trinajstić information content (AvgIpc) is 3.15. The smallest absolute Gasteiger partial charge is 0.307 e. The van der Waals surface area contributed by atoms with Crippen LogP contribution in [0.1, 0.15) is 38.2 Å². The predicted molar refractivity (Wildman–Crippen MR) is 108 cm³/mol. The van der Waals surface area contributed by atoms with E-state index in [4.69, 9.17) is 0 Å². The van der Waals surface area contributed by atoms with Crippen molar-refractivity contribution in [2.75, 3.05) is 5.32 Å². The van der Waals surface area contributed by atoms with Gasteiger partial charge in [0.2, 0.25) is 5.91 Å². The Hall–Kier alpha value is -2.47. The lowest BCUT2D eigenvalue weighted by atomic mass is 9.82. The van der Waals surface area contributed by atoms with Gasteiger partial charge in [-0.3, -0.25) is 9.59 Å². The summed E-state index contributed by atoms with van der Waals surface area (Å²) in [5, 5.41) is 14.5. The van der Waals surface area contributed by atoms with E-state index < -0.39 is 17.8 Å². The molecule has 0 spiro atoms. The van der Waals surface area contributed by atoms with Crippen LogP contribution < -0.4 is 5.32 Å². The number of hydrogen-bond donors (Lipinski definition) is 2. The van der Waals surface area contributed by atoms with E-state index in [-0.39, 0.29) is 5.91 Å². The summed E-state index contributed by atoms with van der Waals surface area (Å²) < 4.78 is 0. The summed E-state index contributed by atoms with van der Waals surface area (Å²) in [5.41, 5.74) is 3.14. The molecule has 0 unspecified atom stereocenters. The molecule has 2 N–H and O–H groups in total. The molecule has 0 fully saturated rings. The first-order valence-corrected chi connectivity index (χ1v) is 10.2. The summed E-state index contributed by atoms with van der Waals surface area (Å²) >= 11 is 1.36. The molecule has 6 heteroatoms. The van der Waals surface area contributed by atoms with Crippen LogP contribution in [0.25, 0.3) is 11.3 Å². The van der Waals surface area contributed by atoms with Crippen LogP contribution in [-0.2, 0) is 16.0 Å². The number of benzene rings is 1. The maximum absolute atomic E-state index is 12.5. The van der Waals surface area contributed by atoms with Crippen LogP contribution in [0.3, 0.4) is 0 Å². The number of carbonyl (C=O) groups is 2. The van der Waals surface area contributed by atoms with Gasteiger partial charge >= 0.3 is 5.97 Å². The molecule has 27 heavy (non-hydrogen) atoms. The Morgan fingerprint density at radius 3 is 2.56 bits per heavy atom. The Balaban J connectivity index is 1.66. The zero-order valence-corrected chi connectivity index (χ0v) is 16.2. The van der Waals surface area contributed by atoms with Crippen molar-refractivity contribution in [3.05, 3.63) is 47.4 Å². The zero-order valence-electron chi connectivity index (χ0n) is 15.4. The van der Waals surface area contributed by atoms with E-state index in [2.05, 4.69) is 41.5 Å². The molecule has 1 aliphatic carbocycles. The van der Waals surface area contributed by atoms with Gasteiger partial charge in [0.15, 0.2) is 5.13 Å². The number of aliphatic carboxylic acids is 1. The minimum absolute atomic E-state index is 0.275. The number of carbonyl (C=O) groups excluding carboxylic acids is 1. The molecule has 0 bridgehead atoms. The largest absolute Gasteiger partial charge is 0.481 e. The molecule has 142 valence electrons. The SMILES string of the molecule is CCCCc1ccc(-c2csc(NC(=O)[C@H]3CC=CC[C@@H]3C(=O)O)n2)cc1. The molecule has 3 rings (SSSR count). The zero-order chi connectivity index (χ0) is 19.2. The predicted octanol–water partition coefficient (Wildman–Crippen LogP) is 4.76. The summed E-state index contributed by atoms with van der Waals surface area (Å²) in [6, 6.07) is 8.35. The van der Waals surface area contributed by atoms with Crippen LogP contribution in [0.15, 0.2) is 41.8 Å². The second kappa shape index (κ2) is 8.95. The summed E-state index contributed by atoms with van der Waals surface area (Å²) in [4.78, 5) is 28.4.